The van der Waals surface area contributed by atoms with Gasteiger partial charge in [0.2, 0.25) is 5.91 Å². The highest BCUT2D eigenvalue weighted by Crippen LogP contribution is 2.14. The molecule has 0 aromatic heterocycles. The third-order valence-electron chi connectivity index (χ3n) is 3.80. The lowest BCUT2D eigenvalue weighted by Crippen LogP contribution is -2.29. The van der Waals surface area contributed by atoms with Crippen molar-refractivity contribution < 1.29 is 19.1 Å². The Morgan fingerprint density at radius 1 is 1.00 bits per heavy atom. The SMILES string of the molecule is CCCOC(=O)c1ccc(NCC(=O)NCc2ccc(OC(C)C)cc2)cc1. The van der Waals surface area contributed by atoms with Crippen LogP contribution in [0.15, 0.2) is 48.5 Å². The van der Waals surface area contributed by atoms with E-state index in [1.807, 2.05) is 45.0 Å². The highest BCUT2D eigenvalue weighted by atomic mass is 16.5. The molecular weight excluding hydrogens is 356 g/mol. The van der Waals surface area contributed by atoms with Crippen LogP contribution in [0.5, 0.6) is 5.75 Å². The van der Waals surface area contributed by atoms with Gasteiger partial charge in [0.25, 0.3) is 0 Å². The van der Waals surface area contributed by atoms with E-state index < -0.39 is 0 Å². The molecule has 150 valence electrons. The summed E-state index contributed by atoms with van der Waals surface area (Å²) in [7, 11) is 0. The number of anilines is 1. The number of esters is 1. The second-order valence-corrected chi connectivity index (χ2v) is 6.65. The van der Waals surface area contributed by atoms with Gasteiger partial charge < -0.3 is 20.1 Å². The van der Waals surface area contributed by atoms with E-state index in [0.29, 0.717) is 18.7 Å². The van der Waals surface area contributed by atoms with Crippen molar-refractivity contribution >= 4 is 17.6 Å². The highest BCUT2D eigenvalue weighted by molar-refractivity contribution is 5.90. The number of nitrogens with one attached hydrogen (secondary N) is 2. The molecule has 0 aliphatic rings. The largest absolute Gasteiger partial charge is 0.491 e. The summed E-state index contributed by atoms with van der Waals surface area (Å²) in [6.07, 6.45) is 0.920. The van der Waals surface area contributed by atoms with Gasteiger partial charge in [-0.15, -0.1) is 0 Å². The van der Waals surface area contributed by atoms with Crippen molar-refractivity contribution in [3.63, 3.8) is 0 Å². The molecule has 2 aromatic carbocycles. The fourth-order valence-corrected chi connectivity index (χ4v) is 2.41. The van der Waals surface area contributed by atoms with E-state index in [1.165, 1.54) is 0 Å². The number of hydrogen-bond acceptors (Lipinski definition) is 5. The van der Waals surface area contributed by atoms with E-state index >= 15 is 0 Å². The molecule has 28 heavy (non-hydrogen) atoms. The number of amides is 1. The van der Waals surface area contributed by atoms with Gasteiger partial charge in [-0.1, -0.05) is 19.1 Å². The first-order valence-corrected chi connectivity index (χ1v) is 9.51. The smallest absolute Gasteiger partial charge is 0.338 e. The first kappa shape index (κ1) is 21.3. The third-order valence-corrected chi connectivity index (χ3v) is 3.80. The molecule has 2 rings (SSSR count). The Bertz CT molecular complexity index is 755. The second-order valence-electron chi connectivity index (χ2n) is 6.65. The summed E-state index contributed by atoms with van der Waals surface area (Å²) in [5, 5.41) is 5.90. The molecule has 0 bridgehead atoms. The zero-order valence-corrected chi connectivity index (χ0v) is 16.7. The molecule has 0 aliphatic carbocycles. The summed E-state index contributed by atoms with van der Waals surface area (Å²) in [5.41, 5.74) is 2.25. The number of carbonyl (C=O) groups excluding carboxylic acids is 2. The maximum Gasteiger partial charge on any atom is 0.338 e. The van der Waals surface area contributed by atoms with E-state index in [0.717, 1.165) is 23.4 Å². The Kier molecular flexibility index (Phi) is 8.34. The van der Waals surface area contributed by atoms with Crippen LogP contribution in [0.3, 0.4) is 0 Å². The predicted molar refractivity (Wildman–Crippen MR) is 110 cm³/mol. The first-order chi connectivity index (χ1) is 13.5. The van der Waals surface area contributed by atoms with Crippen LogP contribution in [-0.2, 0) is 16.1 Å². The van der Waals surface area contributed by atoms with Gasteiger partial charge in [0.1, 0.15) is 5.75 Å². The minimum absolute atomic E-state index is 0.117. The standard InChI is InChI=1S/C22H28N2O4/c1-4-13-27-22(26)18-7-9-19(10-8-18)23-15-21(25)24-14-17-5-11-20(12-6-17)28-16(2)3/h5-12,16,23H,4,13-15H2,1-3H3,(H,24,25). The van der Waals surface area contributed by atoms with Crippen LogP contribution in [0.25, 0.3) is 0 Å². The van der Waals surface area contributed by atoms with Crippen LogP contribution in [0, 0.1) is 0 Å². The molecule has 0 saturated carbocycles. The van der Waals surface area contributed by atoms with Gasteiger partial charge in [0, 0.05) is 12.2 Å². The zero-order chi connectivity index (χ0) is 20.4. The number of rotatable bonds is 10. The molecule has 2 aromatic rings. The van der Waals surface area contributed by atoms with Crippen molar-refractivity contribution in [3.8, 4) is 5.75 Å². The molecule has 6 heteroatoms. The number of carbonyl (C=O) groups is 2. The second kappa shape index (κ2) is 11.0. The van der Waals surface area contributed by atoms with Crippen molar-refractivity contribution in [3.05, 3.63) is 59.7 Å². The van der Waals surface area contributed by atoms with Crippen LogP contribution in [0.2, 0.25) is 0 Å². The first-order valence-electron chi connectivity index (χ1n) is 9.51. The van der Waals surface area contributed by atoms with Crippen LogP contribution >= 0.6 is 0 Å². The van der Waals surface area contributed by atoms with Gasteiger partial charge in [0.15, 0.2) is 0 Å². The van der Waals surface area contributed by atoms with E-state index in [-0.39, 0.29) is 24.5 Å². The van der Waals surface area contributed by atoms with E-state index in [4.69, 9.17) is 9.47 Å². The zero-order valence-electron chi connectivity index (χ0n) is 16.7. The van der Waals surface area contributed by atoms with Gasteiger partial charge >= 0.3 is 5.97 Å². The third kappa shape index (κ3) is 7.31. The summed E-state index contributed by atoms with van der Waals surface area (Å²) in [6, 6.07) is 14.5. The molecule has 6 nitrogen and oxygen atoms in total. The topological polar surface area (TPSA) is 76.7 Å². The Morgan fingerprint density at radius 3 is 2.29 bits per heavy atom. The fourth-order valence-electron chi connectivity index (χ4n) is 2.41. The molecule has 0 heterocycles. The van der Waals surface area contributed by atoms with E-state index in [9.17, 15) is 9.59 Å². The maximum absolute atomic E-state index is 12.0. The minimum atomic E-state index is -0.337. The van der Waals surface area contributed by atoms with Crippen LogP contribution in [0.1, 0.15) is 43.1 Å². The molecule has 0 saturated heterocycles. The average Bonchev–Trinajstić information content (AvgIpc) is 2.70. The van der Waals surface area contributed by atoms with Crippen LogP contribution < -0.4 is 15.4 Å². The summed E-state index contributed by atoms with van der Waals surface area (Å²) in [5.74, 6) is 0.360. The Hall–Kier alpha value is -3.02. The number of hydrogen-bond donors (Lipinski definition) is 2. The fraction of sp³-hybridized carbons (Fsp3) is 0.364. The molecule has 0 spiro atoms. The number of benzene rings is 2. The van der Waals surface area contributed by atoms with E-state index in [1.54, 1.807) is 24.3 Å². The van der Waals surface area contributed by atoms with Gasteiger partial charge in [-0.05, 0) is 62.2 Å². The van der Waals surface area contributed by atoms with Crippen molar-refractivity contribution in [2.45, 2.75) is 39.8 Å². The van der Waals surface area contributed by atoms with Crippen LogP contribution in [0.4, 0.5) is 5.69 Å². The summed E-state index contributed by atoms with van der Waals surface area (Å²) < 4.78 is 10.7. The molecule has 1 amide bonds. The summed E-state index contributed by atoms with van der Waals surface area (Å²) >= 11 is 0. The quantitative estimate of drug-likeness (QED) is 0.610. The average molecular weight is 384 g/mol. The lowest BCUT2D eigenvalue weighted by Gasteiger charge is -2.11. The summed E-state index contributed by atoms with van der Waals surface area (Å²) in [6.45, 7) is 6.91. The lowest BCUT2D eigenvalue weighted by molar-refractivity contribution is -0.119. The van der Waals surface area contributed by atoms with Crippen molar-refractivity contribution in [2.75, 3.05) is 18.5 Å². The van der Waals surface area contributed by atoms with Gasteiger partial charge in [0.05, 0.1) is 24.8 Å². The van der Waals surface area contributed by atoms with E-state index in [2.05, 4.69) is 10.6 Å². The highest BCUT2D eigenvalue weighted by Gasteiger charge is 2.07. The monoisotopic (exact) mass is 384 g/mol. The molecule has 0 fully saturated rings. The molecular formula is C22H28N2O4. The summed E-state index contributed by atoms with van der Waals surface area (Å²) in [4.78, 5) is 23.8. The minimum Gasteiger partial charge on any atom is -0.491 e. The Morgan fingerprint density at radius 2 is 1.68 bits per heavy atom. The predicted octanol–water partition coefficient (Wildman–Crippen LogP) is 3.77. The molecule has 2 N–H and O–H groups in total. The molecule has 0 atom stereocenters. The van der Waals surface area contributed by atoms with Crippen molar-refractivity contribution in [1.82, 2.24) is 5.32 Å². The van der Waals surface area contributed by atoms with Gasteiger partial charge in [-0.25, -0.2) is 4.79 Å². The number of ether oxygens (including phenoxy) is 2. The van der Waals surface area contributed by atoms with Crippen LogP contribution in [-0.4, -0.2) is 31.1 Å². The van der Waals surface area contributed by atoms with Crippen molar-refractivity contribution in [2.24, 2.45) is 0 Å². The molecule has 0 unspecified atom stereocenters. The van der Waals surface area contributed by atoms with Gasteiger partial charge in [-0.3, -0.25) is 4.79 Å². The normalized spacial score (nSPS) is 10.4. The molecule has 0 radical (unpaired) electrons. The van der Waals surface area contributed by atoms with Gasteiger partial charge in [-0.2, -0.15) is 0 Å². The van der Waals surface area contributed by atoms with Crippen molar-refractivity contribution in [1.29, 1.82) is 0 Å². The Labute approximate surface area is 166 Å². The Balaban J connectivity index is 1.74. The molecule has 0 aliphatic heterocycles. The maximum atomic E-state index is 12.0. The lowest BCUT2D eigenvalue weighted by atomic mass is 10.2.